The van der Waals surface area contributed by atoms with Crippen LogP contribution in [0.3, 0.4) is 0 Å². The Labute approximate surface area is 159 Å². The normalized spacial score (nSPS) is 11.0. The number of halogens is 3. The Balaban J connectivity index is 0.00000529. The maximum Gasteiger partial charge on any atom is 0.243 e. The van der Waals surface area contributed by atoms with Crippen molar-refractivity contribution >= 4 is 51.5 Å². The molecule has 1 aromatic carbocycles. The summed E-state index contributed by atoms with van der Waals surface area (Å²) in [5.41, 5.74) is 0. The second kappa shape index (κ2) is 11.9. The van der Waals surface area contributed by atoms with Gasteiger partial charge in [0.1, 0.15) is 4.90 Å². The van der Waals surface area contributed by atoms with Gasteiger partial charge in [0.2, 0.25) is 15.9 Å². The van der Waals surface area contributed by atoms with Gasteiger partial charge >= 0.3 is 0 Å². The van der Waals surface area contributed by atoms with Crippen molar-refractivity contribution < 1.29 is 13.2 Å². The predicted molar refractivity (Wildman–Crippen MR) is 99.7 cm³/mol. The highest BCUT2D eigenvalue weighted by Crippen LogP contribution is 2.28. The zero-order valence-corrected chi connectivity index (χ0v) is 16.4. The largest absolute Gasteiger partial charge is 0.355 e. The highest BCUT2D eigenvalue weighted by atomic mass is 35.5. The summed E-state index contributed by atoms with van der Waals surface area (Å²) in [5, 5.41) is 5.93. The fourth-order valence-corrected chi connectivity index (χ4v) is 3.96. The first-order valence-corrected chi connectivity index (χ1v) is 9.53. The molecule has 6 nitrogen and oxygen atoms in total. The first-order valence-electron chi connectivity index (χ1n) is 7.29. The Morgan fingerprint density at radius 2 is 1.71 bits per heavy atom. The second-order valence-corrected chi connectivity index (χ2v) is 7.32. The van der Waals surface area contributed by atoms with Gasteiger partial charge in [-0.2, -0.15) is 0 Å². The van der Waals surface area contributed by atoms with E-state index in [0.29, 0.717) is 13.1 Å². The van der Waals surface area contributed by atoms with Crippen molar-refractivity contribution in [3.8, 4) is 0 Å². The van der Waals surface area contributed by atoms with E-state index in [2.05, 4.69) is 22.3 Å². The summed E-state index contributed by atoms with van der Waals surface area (Å²) in [6.45, 7) is 4.11. The van der Waals surface area contributed by atoms with Crippen LogP contribution in [0.1, 0.15) is 19.8 Å². The molecule has 0 saturated heterocycles. The highest BCUT2D eigenvalue weighted by molar-refractivity contribution is 7.89. The molecule has 138 valence electrons. The molecule has 0 aliphatic carbocycles. The quantitative estimate of drug-likeness (QED) is 0.508. The number of carbonyl (C=O) groups is 1. The third-order valence-electron chi connectivity index (χ3n) is 2.88. The van der Waals surface area contributed by atoms with Gasteiger partial charge < -0.3 is 10.6 Å². The molecule has 0 spiro atoms. The van der Waals surface area contributed by atoms with E-state index in [-0.39, 0.29) is 46.2 Å². The number of carbonyl (C=O) groups excluding carboxylic acids is 1. The van der Waals surface area contributed by atoms with Gasteiger partial charge in [0, 0.05) is 26.1 Å². The maximum atomic E-state index is 12.2. The van der Waals surface area contributed by atoms with Crippen LogP contribution < -0.4 is 15.4 Å². The van der Waals surface area contributed by atoms with E-state index in [1.54, 1.807) is 6.07 Å². The molecular formula is C14H22Cl3N3O3S. The molecule has 0 unspecified atom stereocenters. The van der Waals surface area contributed by atoms with Crippen LogP contribution in [0.4, 0.5) is 0 Å². The lowest BCUT2D eigenvalue weighted by molar-refractivity contribution is -0.120. The zero-order chi connectivity index (χ0) is 17.3. The molecule has 0 aliphatic rings. The molecule has 3 N–H and O–H groups in total. The first-order chi connectivity index (χ1) is 10.9. The fraction of sp³-hybridized carbons (Fsp3) is 0.500. The van der Waals surface area contributed by atoms with Crippen LogP contribution in [-0.2, 0) is 14.8 Å². The lowest BCUT2D eigenvalue weighted by Crippen LogP contribution is -2.34. The molecule has 0 atom stereocenters. The summed E-state index contributed by atoms with van der Waals surface area (Å²) in [6, 6.07) is 4.44. The Morgan fingerprint density at radius 3 is 2.29 bits per heavy atom. The average molecular weight is 419 g/mol. The molecule has 1 amide bonds. The van der Waals surface area contributed by atoms with Crippen molar-refractivity contribution in [2.75, 3.05) is 26.2 Å². The summed E-state index contributed by atoms with van der Waals surface area (Å²) in [7, 11) is -3.86. The summed E-state index contributed by atoms with van der Waals surface area (Å²) in [5.74, 6) is -0.226. The van der Waals surface area contributed by atoms with Crippen molar-refractivity contribution in [3.63, 3.8) is 0 Å². The molecule has 24 heavy (non-hydrogen) atoms. The van der Waals surface area contributed by atoms with Gasteiger partial charge in [-0.1, -0.05) is 36.2 Å². The molecule has 10 heteroatoms. The fourth-order valence-electron chi connectivity index (χ4n) is 1.79. The van der Waals surface area contributed by atoms with Crippen LogP contribution in [0.2, 0.25) is 10.0 Å². The molecule has 1 aromatic rings. The zero-order valence-electron chi connectivity index (χ0n) is 13.3. The number of hydrogen-bond acceptors (Lipinski definition) is 4. The minimum absolute atomic E-state index is 0. The summed E-state index contributed by atoms with van der Waals surface area (Å²) in [4.78, 5) is 11.4. The summed E-state index contributed by atoms with van der Waals surface area (Å²) in [6.07, 6.45) is 1.06. The van der Waals surface area contributed by atoms with Crippen LogP contribution in [0.25, 0.3) is 0 Å². The lowest BCUT2D eigenvalue weighted by atomic mass is 10.4. The monoisotopic (exact) mass is 417 g/mol. The molecule has 0 saturated carbocycles. The van der Waals surface area contributed by atoms with E-state index in [1.165, 1.54) is 12.1 Å². The van der Waals surface area contributed by atoms with Gasteiger partial charge in [-0.05, 0) is 25.1 Å². The SMILES string of the molecule is CCCNCCNC(=O)CCNS(=O)(=O)c1c(Cl)cccc1Cl.Cl. The van der Waals surface area contributed by atoms with E-state index in [0.717, 1.165) is 13.0 Å². The maximum absolute atomic E-state index is 12.2. The number of sulfonamides is 1. The first kappa shape index (κ1) is 23.4. The highest BCUT2D eigenvalue weighted by Gasteiger charge is 2.21. The van der Waals surface area contributed by atoms with Gasteiger partial charge in [-0.25, -0.2) is 13.1 Å². The van der Waals surface area contributed by atoms with Crippen LogP contribution in [0.5, 0.6) is 0 Å². The van der Waals surface area contributed by atoms with Crippen LogP contribution >= 0.6 is 35.6 Å². The van der Waals surface area contributed by atoms with E-state index in [9.17, 15) is 13.2 Å². The van der Waals surface area contributed by atoms with Gasteiger partial charge in [0.05, 0.1) is 10.0 Å². The van der Waals surface area contributed by atoms with E-state index < -0.39 is 10.0 Å². The van der Waals surface area contributed by atoms with E-state index in [4.69, 9.17) is 23.2 Å². The molecule has 0 fully saturated rings. The number of amides is 1. The lowest BCUT2D eigenvalue weighted by Gasteiger charge is -2.10. The standard InChI is InChI=1S/C14H21Cl2N3O3S.ClH/c1-2-7-17-9-10-18-13(20)6-8-19-23(21,22)14-11(15)4-3-5-12(14)16;/h3-5,17,19H,2,6-10H2,1H3,(H,18,20);1H. The summed E-state index contributed by atoms with van der Waals surface area (Å²) < 4.78 is 26.7. The van der Waals surface area contributed by atoms with Crippen LogP contribution in [0.15, 0.2) is 23.1 Å². The van der Waals surface area contributed by atoms with E-state index >= 15 is 0 Å². The minimum Gasteiger partial charge on any atom is -0.355 e. The van der Waals surface area contributed by atoms with Crippen molar-refractivity contribution in [2.45, 2.75) is 24.7 Å². The Bertz CT molecular complexity index is 607. The third-order valence-corrected chi connectivity index (χ3v) is 5.30. The van der Waals surface area contributed by atoms with Gasteiger partial charge in [0.15, 0.2) is 0 Å². The Morgan fingerprint density at radius 1 is 1.08 bits per heavy atom. The predicted octanol–water partition coefficient (Wildman–Crippen LogP) is 2.20. The van der Waals surface area contributed by atoms with Crippen molar-refractivity contribution in [2.24, 2.45) is 0 Å². The van der Waals surface area contributed by atoms with Crippen molar-refractivity contribution in [1.82, 2.24) is 15.4 Å². The smallest absolute Gasteiger partial charge is 0.243 e. The Kier molecular flexibility index (Phi) is 11.6. The molecule has 0 bridgehead atoms. The number of benzene rings is 1. The van der Waals surface area contributed by atoms with Crippen molar-refractivity contribution in [1.29, 1.82) is 0 Å². The van der Waals surface area contributed by atoms with Crippen LogP contribution in [0, 0.1) is 0 Å². The van der Waals surface area contributed by atoms with Gasteiger partial charge in [-0.15, -0.1) is 12.4 Å². The Hall–Kier alpha value is -0.570. The topological polar surface area (TPSA) is 87.3 Å². The number of nitrogens with one attached hydrogen (secondary N) is 3. The molecule has 1 rings (SSSR count). The molecule has 0 heterocycles. The molecule has 0 radical (unpaired) electrons. The number of hydrogen-bond donors (Lipinski definition) is 3. The molecular weight excluding hydrogens is 397 g/mol. The average Bonchev–Trinajstić information content (AvgIpc) is 2.46. The van der Waals surface area contributed by atoms with Gasteiger partial charge in [0.25, 0.3) is 0 Å². The van der Waals surface area contributed by atoms with Crippen molar-refractivity contribution in [3.05, 3.63) is 28.2 Å². The third kappa shape index (κ3) is 8.00. The minimum atomic E-state index is -3.86. The number of rotatable bonds is 10. The summed E-state index contributed by atoms with van der Waals surface area (Å²) >= 11 is 11.8. The van der Waals surface area contributed by atoms with E-state index in [1.807, 2.05) is 0 Å². The van der Waals surface area contributed by atoms with Crippen LogP contribution in [-0.4, -0.2) is 40.5 Å². The second-order valence-electron chi connectivity index (χ2n) is 4.80. The molecule has 0 aliphatic heterocycles. The van der Waals surface area contributed by atoms with Gasteiger partial charge in [-0.3, -0.25) is 4.79 Å². The molecule has 0 aromatic heterocycles.